The minimum absolute atomic E-state index is 0.213. The topological polar surface area (TPSA) is 55.4 Å². The van der Waals surface area contributed by atoms with Crippen molar-refractivity contribution in [2.45, 2.75) is 32.3 Å². The fourth-order valence-electron chi connectivity index (χ4n) is 2.16. The number of ether oxygens (including phenoxy) is 1. The molecule has 0 heterocycles. The molecule has 2 atom stereocenters. The lowest BCUT2D eigenvalue weighted by atomic mass is 10.1. The zero-order chi connectivity index (χ0) is 15.2. The molecule has 0 saturated heterocycles. The Morgan fingerprint density at radius 3 is 2.71 bits per heavy atom. The maximum absolute atomic E-state index is 12.8. The van der Waals surface area contributed by atoms with Gasteiger partial charge in [0.2, 0.25) is 0 Å². The summed E-state index contributed by atoms with van der Waals surface area (Å²) in [6.45, 7) is 1.52. The van der Waals surface area contributed by atoms with Crippen molar-refractivity contribution in [3.8, 4) is 0 Å². The Bertz CT molecular complexity index is 539. The van der Waals surface area contributed by atoms with Gasteiger partial charge in [0.15, 0.2) is 6.10 Å². The van der Waals surface area contributed by atoms with Crippen molar-refractivity contribution >= 4 is 17.6 Å². The summed E-state index contributed by atoms with van der Waals surface area (Å²) in [5.74, 6) is -0.979. The van der Waals surface area contributed by atoms with Gasteiger partial charge in [-0.05, 0) is 49.9 Å². The number of hydrogen-bond donors (Lipinski definition) is 1. The van der Waals surface area contributed by atoms with E-state index in [9.17, 15) is 14.0 Å². The lowest BCUT2D eigenvalue weighted by Crippen LogP contribution is -2.30. The van der Waals surface area contributed by atoms with E-state index in [1.54, 1.807) is 0 Å². The molecule has 0 aromatic heterocycles. The van der Waals surface area contributed by atoms with E-state index in [2.05, 4.69) is 5.32 Å². The maximum atomic E-state index is 12.8. The molecule has 5 heteroatoms. The minimum atomic E-state index is -0.882. The molecule has 1 aliphatic rings. The number of rotatable bonds is 5. The van der Waals surface area contributed by atoms with E-state index in [0.29, 0.717) is 12.1 Å². The third-order valence-corrected chi connectivity index (χ3v) is 3.33. The molecule has 0 saturated carbocycles. The maximum Gasteiger partial charge on any atom is 0.307 e. The van der Waals surface area contributed by atoms with Crippen LogP contribution in [0, 0.1) is 11.7 Å². The third-order valence-electron chi connectivity index (χ3n) is 3.33. The molecule has 1 aromatic rings. The molecule has 0 bridgehead atoms. The summed E-state index contributed by atoms with van der Waals surface area (Å²) in [6, 6.07) is 5.40. The van der Waals surface area contributed by atoms with Gasteiger partial charge in [0, 0.05) is 5.69 Å². The van der Waals surface area contributed by atoms with E-state index in [0.717, 1.165) is 12.8 Å². The van der Waals surface area contributed by atoms with E-state index in [-0.39, 0.29) is 17.7 Å². The molecule has 4 nitrogen and oxygen atoms in total. The fourth-order valence-corrected chi connectivity index (χ4v) is 2.16. The van der Waals surface area contributed by atoms with Gasteiger partial charge < -0.3 is 10.1 Å². The van der Waals surface area contributed by atoms with E-state index in [4.69, 9.17) is 4.74 Å². The molecular weight excluding hydrogens is 273 g/mol. The predicted molar refractivity (Wildman–Crippen MR) is 77.1 cm³/mol. The first-order valence-corrected chi connectivity index (χ1v) is 6.97. The number of benzene rings is 1. The Kier molecular flexibility index (Phi) is 5.09. The molecule has 1 N–H and O–H groups in total. The highest BCUT2D eigenvalue weighted by Crippen LogP contribution is 2.21. The standard InChI is InChI=1S/C16H18FNO3/c1-11(21-15(19)10-12-4-2-3-5-12)16(20)18-14-8-6-13(17)7-9-14/h2,4,6-9,11-12H,3,5,10H2,1H3,(H,18,20)/t11-,12-/m0/s1. The van der Waals surface area contributed by atoms with E-state index in [1.807, 2.05) is 12.2 Å². The largest absolute Gasteiger partial charge is 0.453 e. The number of hydrogen-bond acceptors (Lipinski definition) is 3. The Morgan fingerprint density at radius 1 is 1.38 bits per heavy atom. The van der Waals surface area contributed by atoms with E-state index < -0.39 is 12.0 Å². The van der Waals surface area contributed by atoms with Crippen LogP contribution in [0.3, 0.4) is 0 Å². The molecule has 0 fully saturated rings. The lowest BCUT2D eigenvalue weighted by molar-refractivity contribution is -0.153. The second-order valence-corrected chi connectivity index (χ2v) is 5.10. The molecule has 1 aliphatic carbocycles. The molecule has 2 rings (SSSR count). The molecule has 112 valence electrons. The van der Waals surface area contributed by atoms with Crippen molar-refractivity contribution in [1.82, 2.24) is 0 Å². The fraction of sp³-hybridized carbons (Fsp3) is 0.375. The SMILES string of the molecule is C[C@H](OC(=O)C[C@H]1C=CCC1)C(=O)Nc1ccc(F)cc1. The van der Waals surface area contributed by atoms with Crippen LogP contribution in [0.2, 0.25) is 0 Å². The summed E-state index contributed by atoms with van der Waals surface area (Å²) < 4.78 is 17.9. The second kappa shape index (κ2) is 7.02. The molecule has 1 aromatic carbocycles. The average molecular weight is 291 g/mol. The summed E-state index contributed by atoms with van der Waals surface area (Å²) >= 11 is 0. The molecule has 0 unspecified atom stereocenters. The number of amides is 1. The predicted octanol–water partition coefficient (Wildman–Crippen LogP) is 3.05. The lowest BCUT2D eigenvalue weighted by Gasteiger charge is -2.14. The van der Waals surface area contributed by atoms with Crippen LogP contribution in [0.15, 0.2) is 36.4 Å². The highest BCUT2D eigenvalue weighted by molar-refractivity contribution is 5.95. The van der Waals surface area contributed by atoms with Gasteiger partial charge in [-0.3, -0.25) is 9.59 Å². The number of allylic oxidation sites excluding steroid dienone is 2. The summed E-state index contributed by atoms with van der Waals surface area (Å²) in [4.78, 5) is 23.6. The molecule has 0 aliphatic heterocycles. The van der Waals surface area contributed by atoms with Crippen molar-refractivity contribution in [2.24, 2.45) is 5.92 Å². The first-order chi connectivity index (χ1) is 10.0. The average Bonchev–Trinajstić information content (AvgIpc) is 2.94. The Balaban J connectivity index is 1.80. The normalized spacial score (nSPS) is 18.3. The molecule has 0 spiro atoms. The van der Waals surface area contributed by atoms with Crippen LogP contribution in [0.4, 0.5) is 10.1 Å². The van der Waals surface area contributed by atoms with Crippen molar-refractivity contribution in [3.63, 3.8) is 0 Å². The molecule has 21 heavy (non-hydrogen) atoms. The first-order valence-electron chi connectivity index (χ1n) is 6.97. The van der Waals surface area contributed by atoms with Crippen molar-refractivity contribution in [2.75, 3.05) is 5.32 Å². The van der Waals surface area contributed by atoms with Gasteiger partial charge in [-0.25, -0.2) is 4.39 Å². The van der Waals surface area contributed by atoms with Gasteiger partial charge >= 0.3 is 5.97 Å². The van der Waals surface area contributed by atoms with Gasteiger partial charge in [-0.1, -0.05) is 12.2 Å². The van der Waals surface area contributed by atoms with Gasteiger partial charge in [0.25, 0.3) is 5.91 Å². The van der Waals surface area contributed by atoms with Crippen molar-refractivity contribution < 1.29 is 18.7 Å². The van der Waals surface area contributed by atoms with Crippen LogP contribution in [0.25, 0.3) is 0 Å². The van der Waals surface area contributed by atoms with Gasteiger partial charge in [-0.2, -0.15) is 0 Å². The second-order valence-electron chi connectivity index (χ2n) is 5.10. The highest BCUT2D eigenvalue weighted by atomic mass is 19.1. The summed E-state index contributed by atoms with van der Waals surface area (Å²) in [5.41, 5.74) is 0.461. The van der Waals surface area contributed by atoms with E-state index in [1.165, 1.54) is 31.2 Å². The van der Waals surface area contributed by atoms with Crippen molar-refractivity contribution in [1.29, 1.82) is 0 Å². The monoisotopic (exact) mass is 291 g/mol. The summed E-state index contributed by atoms with van der Waals surface area (Å²) in [7, 11) is 0. The first kappa shape index (κ1) is 15.2. The number of carbonyl (C=O) groups is 2. The van der Waals surface area contributed by atoms with Crippen LogP contribution in [-0.4, -0.2) is 18.0 Å². The van der Waals surface area contributed by atoms with Crippen LogP contribution in [0.5, 0.6) is 0 Å². The number of esters is 1. The van der Waals surface area contributed by atoms with Crippen LogP contribution in [0.1, 0.15) is 26.2 Å². The van der Waals surface area contributed by atoms with Crippen LogP contribution in [-0.2, 0) is 14.3 Å². The van der Waals surface area contributed by atoms with Crippen molar-refractivity contribution in [3.05, 3.63) is 42.2 Å². The molecular formula is C16H18FNO3. The quantitative estimate of drug-likeness (QED) is 0.670. The summed E-state index contributed by atoms with van der Waals surface area (Å²) in [6.07, 6.45) is 5.40. The smallest absolute Gasteiger partial charge is 0.307 e. The van der Waals surface area contributed by atoms with Gasteiger partial charge in [0.1, 0.15) is 5.82 Å². The molecule has 0 radical (unpaired) electrons. The number of anilines is 1. The van der Waals surface area contributed by atoms with Gasteiger partial charge in [-0.15, -0.1) is 0 Å². The Morgan fingerprint density at radius 2 is 2.10 bits per heavy atom. The highest BCUT2D eigenvalue weighted by Gasteiger charge is 2.21. The zero-order valence-corrected chi connectivity index (χ0v) is 11.8. The third kappa shape index (κ3) is 4.70. The van der Waals surface area contributed by atoms with E-state index >= 15 is 0 Å². The van der Waals surface area contributed by atoms with Crippen LogP contribution >= 0.6 is 0 Å². The number of halogens is 1. The summed E-state index contributed by atoms with van der Waals surface area (Å²) in [5, 5.41) is 2.57. The Hall–Kier alpha value is -2.17. The minimum Gasteiger partial charge on any atom is -0.453 e. The number of nitrogens with one attached hydrogen (secondary N) is 1. The Labute approximate surface area is 123 Å². The molecule has 1 amide bonds. The number of carbonyl (C=O) groups excluding carboxylic acids is 2. The van der Waals surface area contributed by atoms with Gasteiger partial charge in [0.05, 0.1) is 6.42 Å². The zero-order valence-electron chi connectivity index (χ0n) is 11.8. The van der Waals surface area contributed by atoms with Crippen LogP contribution < -0.4 is 5.32 Å².